The fourth-order valence-electron chi connectivity index (χ4n) is 2.07. The Balaban J connectivity index is 2.91. The first-order chi connectivity index (χ1) is 8.69. The third kappa shape index (κ3) is 5.96. The van der Waals surface area contributed by atoms with Gasteiger partial charge in [-0.05, 0) is 50.5 Å². The minimum absolute atomic E-state index is 0.135. The van der Waals surface area contributed by atoms with Gasteiger partial charge in [0, 0.05) is 35.8 Å². The Morgan fingerprint density at radius 2 is 1.89 bits per heavy atom. The molecule has 0 bridgehead atoms. The quantitative estimate of drug-likeness (QED) is 0.861. The first-order valence-corrected chi connectivity index (χ1v) is 7.73. The van der Waals surface area contributed by atoms with Gasteiger partial charge in [-0.1, -0.05) is 29.8 Å². The number of hydrogen-bond donors (Lipinski definition) is 1. The number of nitrogens with one attached hydrogen (secondary N) is 1. The van der Waals surface area contributed by atoms with Gasteiger partial charge in [-0.25, -0.2) is 0 Å². The molecule has 1 N–H and O–H groups in total. The van der Waals surface area contributed by atoms with Crippen molar-refractivity contribution in [3.8, 4) is 0 Å². The molecule has 3 heteroatoms. The minimum Gasteiger partial charge on any atom is -0.374 e. The number of benzene rings is 1. The van der Waals surface area contributed by atoms with E-state index >= 15 is 0 Å². The van der Waals surface area contributed by atoms with Crippen LogP contribution in [0.15, 0.2) is 22.7 Å². The van der Waals surface area contributed by atoms with E-state index in [1.165, 1.54) is 11.3 Å². The highest BCUT2D eigenvalue weighted by Crippen LogP contribution is 2.25. The molecular weight excluding hydrogens is 300 g/mol. The molecule has 0 aliphatic carbocycles. The Bertz CT molecular complexity index is 408. The van der Waals surface area contributed by atoms with Crippen LogP contribution in [-0.2, 0) is 6.54 Å². The second-order valence-corrected chi connectivity index (χ2v) is 7.57. The summed E-state index contributed by atoms with van der Waals surface area (Å²) in [5.74, 6) is 0.664. The molecular formula is C16H27BrN2. The van der Waals surface area contributed by atoms with Gasteiger partial charge in [0.05, 0.1) is 0 Å². The van der Waals surface area contributed by atoms with E-state index in [0.29, 0.717) is 5.92 Å². The van der Waals surface area contributed by atoms with Crippen LogP contribution in [0.2, 0.25) is 0 Å². The van der Waals surface area contributed by atoms with Crippen LogP contribution in [0.3, 0.4) is 0 Å². The van der Waals surface area contributed by atoms with Gasteiger partial charge in [0.1, 0.15) is 0 Å². The van der Waals surface area contributed by atoms with E-state index in [1.807, 2.05) is 0 Å². The van der Waals surface area contributed by atoms with Crippen molar-refractivity contribution in [3.05, 3.63) is 28.2 Å². The second-order valence-electron chi connectivity index (χ2n) is 6.65. The largest absolute Gasteiger partial charge is 0.374 e. The zero-order valence-corrected chi connectivity index (χ0v) is 14.6. The molecule has 0 atom stereocenters. The molecule has 0 aliphatic rings. The van der Waals surface area contributed by atoms with Gasteiger partial charge >= 0.3 is 0 Å². The first kappa shape index (κ1) is 16.5. The summed E-state index contributed by atoms with van der Waals surface area (Å²) in [6, 6.07) is 6.53. The fourth-order valence-corrected chi connectivity index (χ4v) is 2.48. The monoisotopic (exact) mass is 326 g/mol. The van der Waals surface area contributed by atoms with Crippen molar-refractivity contribution in [2.45, 2.75) is 46.7 Å². The average Bonchev–Trinajstić information content (AvgIpc) is 2.24. The highest BCUT2D eigenvalue weighted by atomic mass is 79.9. The molecule has 108 valence electrons. The molecule has 0 radical (unpaired) electrons. The summed E-state index contributed by atoms with van der Waals surface area (Å²) >= 11 is 3.57. The minimum atomic E-state index is 0.135. The molecule has 0 amide bonds. The standard InChI is InChI=1S/C16H27BrN2/c1-12(2)11-19(6)15-8-7-14(17)9-13(15)10-18-16(3,4)5/h7-9,12,18H,10-11H2,1-6H3. The molecule has 19 heavy (non-hydrogen) atoms. The lowest BCUT2D eigenvalue weighted by Gasteiger charge is -2.27. The smallest absolute Gasteiger partial charge is 0.0410 e. The molecule has 0 aromatic heterocycles. The Morgan fingerprint density at radius 1 is 1.26 bits per heavy atom. The molecule has 1 rings (SSSR count). The van der Waals surface area contributed by atoms with Crippen LogP contribution in [0.4, 0.5) is 5.69 Å². The van der Waals surface area contributed by atoms with Crippen LogP contribution >= 0.6 is 15.9 Å². The predicted octanol–water partition coefficient (Wildman–Crippen LogP) is 4.43. The lowest BCUT2D eigenvalue weighted by molar-refractivity contribution is 0.424. The van der Waals surface area contributed by atoms with Crippen LogP contribution in [0.5, 0.6) is 0 Å². The molecule has 2 nitrogen and oxygen atoms in total. The van der Waals surface area contributed by atoms with Gasteiger partial charge in [-0.3, -0.25) is 0 Å². The summed E-state index contributed by atoms with van der Waals surface area (Å²) < 4.78 is 1.14. The van der Waals surface area contributed by atoms with E-state index in [4.69, 9.17) is 0 Å². The predicted molar refractivity (Wildman–Crippen MR) is 88.8 cm³/mol. The van der Waals surface area contributed by atoms with Gasteiger partial charge in [-0.2, -0.15) is 0 Å². The summed E-state index contributed by atoms with van der Waals surface area (Å²) in [6.07, 6.45) is 0. The van der Waals surface area contributed by atoms with E-state index in [0.717, 1.165) is 17.6 Å². The summed E-state index contributed by atoms with van der Waals surface area (Å²) in [5, 5.41) is 3.57. The van der Waals surface area contributed by atoms with Crippen molar-refractivity contribution in [1.29, 1.82) is 0 Å². The Kier molecular flexibility index (Phi) is 5.87. The highest BCUT2D eigenvalue weighted by molar-refractivity contribution is 9.10. The van der Waals surface area contributed by atoms with Gasteiger partial charge in [0.2, 0.25) is 0 Å². The maximum atomic E-state index is 3.57. The second kappa shape index (κ2) is 6.76. The van der Waals surface area contributed by atoms with E-state index in [2.05, 4.69) is 86.0 Å². The van der Waals surface area contributed by atoms with Crippen LogP contribution < -0.4 is 10.2 Å². The van der Waals surface area contributed by atoms with E-state index in [-0.39, 0.29) is 5.54 Å². The van der Waals surface area contributed by atoms with E-state index < -0.39 is 0 Å². The zero-order valence-electron chi connectivity index (χ0n) is 13.0. The molecule has 0 aliphatic heterocycles. The van der Waals surface area contributed by atoms with E-state index in [9.17, 15) is 0 Å². The zero-order chi connectivity index (χ0) is 14.6. The van der Waals surface area contributed by atoms with Crippen molar-refractivity contribution in [1.82, 2.24) is 5.32 Å². The van der Waals surface area contributed by atoms with Crippen molar-refractivity contribution < 1.29 is 0 Å². The molecule has 0 spiro atoms. The van der Waals surface area contributed by atoms with Crippen molar-refractivity contribution in [3.63, 3.8) is 0 Å². The van der Waals surface area contributed by atoms with E-state index in [1.54, 1.807) is 0 Å². The lowest BCUT2D eigenvalue weighted by Crippen LogP contribution is -2.35. The Hall–Kier alpha value is -0.540. The van der Waals surface area contributed by atoms with Crippen LogP contribution in [0.1, 0.15) is 40.2 Å². The first-order valence-electron chi connectivity index (χ1n) is 6.93. The molecule has 0 unspecified atom stereocenters. The van der Waals surface area contributed by atoms with Gasteiger partial charge < -0.3 is 10.2 Å². The van der Waals surface area contributed by atoms with Gasteiger partial charge in [0.15, 0.2) is 0 Å². The summed E-state index contributed by atoms with van der Waals surface area (Å²) in [4.78, 5) is 2.34. The summed E-state index contributed by atoms with van der Waals surface area (Å²) in [7, 11) is 2.17. The fraction of sp³-hybridized carbons (Fsp3) is 0.625. The number of hydrogen-bond acceptors (Lipinski definition) is 2. The lowest BCUT2D eigenvalue weighted by atomic mass is 10.1. The van der Waals surface area contributed by atoms with Crippen LogP contribution in [0.25, 0.3) is 0 Å². The number of anilines is 1. The van der Waals surface area contributed by atoms with Crippen LogP contribution in [-0.4, -0.2) is 19.1 Å². The van der Waals surface area contributed by atoms with Gasteiger partial charge in [-0.15, -0.1) is 0 Å². The number of halogens is 1. The number of nitrogens with zero attached hydrogens (tertiary/aromatic N) is 1. The maximum Gasteiger partial charge on any atom is 0.0410 e. The molecule has 0 fully saturated rings. The number of rotatable bonds is 5. The topological polar surface area (TPSA) is 15.3 Å². The summed E-state index contributed by atoms with van der Waals surface area (Å²) in [5.41, 5.74) is 2.79. The molecule has 0 saturated heterocycles. The van der Waals surface area contributed by atoms with Gasteiger partial charge in [0.25, 0.3) is 0 Å². The van der Waals surface area contributed by atoms with Crippen molar-refractivity contribution in [2.75, 3.05) is 18.5 Å². The highest BCUT2D eigenvalue weighted by Gasteiger charge is 2.13. The summed E-state index contributed by atoms with van der Waals surface area (Å²) in [6.45, 7) is 13.1. The third-order valence-electron chi connectivity index (χ3n) is 2.90. The molecule has 1 aromatic carbocycles. The Labute approximate surface area is 126 Å². The maximum absolute atomic E-state index is 3.57. The van der Waals surface area contributed by atoms with Crippen molar-refractivity contribution in [2.24, 2.45) is 5.92 Å². The normalized spacial score (nSPS) is 12.0. The average molecular weight is 327 g/mol. The third-order valence-corrected chi connectivity index (χ3v) is 3.39. The molecule has 0 heterocycles. The molecule has 1 aromatic rings. The Morgan fingerprint density at radius 3 is 2.42 bits per heavy atom. The molecule has 0 saturated carbocycles. The van der Waals surface area contributed by atoms with Crippen molar-refractivity contribution >= 4 is 21.6 Å². The van der Waals surface area contributed by atoms with Crippen LogP contribution in [0, 0.1) is 5.92 Å². The SMILES string of the molecule is CC(C)CN(C)c1ccc(Br)cc1CNC(C)(C)C.